The number of benzene rings is 1. The molecule has 3 nitrogen and oxygen atoms in total. The molecule has 3 heteroatoms. The number of para-hydroxylation sites is 1. The number of hydrogen-bond acceptors (Lipinski definition) is 2. The van der Waals surface area contributed by atoms with Crippen molar-refractivity contribution >= 4 is 11.5 Å². The SMILES string of the molecule is CCN(CC(=N)N)c1ccccc1C. The fraction of sp³-hybridized carbons (Fsp3) is 0.364. The third-order valence-electron chi connectivity index (χ3n) is 2.20. The number of likely N-dealkylation sites (N-methyl/N-ethyl adjacent to an activating group) is 1. The molecule has 0 aliphatic carbocycles. The number of amidine groups is 1. The molecule has 76 valence electrons. The van der Waals surface area contributed by atoms with Gasteiger partial charge >= 0.3 is 0 Å². The molecule has 0 saturated carbocycles. The van der Waals surface area contributed by atoms with E-state index in [0.717, 1.165) is 12.2 Å². The molecule has 0 aromatic heterocycles. The first-order valence-corrected chi connectivity index (χ1v) is 4.78. The third-order valence-corrected chi connectivity index (χ3v) is 2.20. The number of rotatable bonds is 4. The van der Waals surface area contributed by atoms with Gasteiger partial charge in [-0.25, -0.2) is 0 Å². The molecule has 0 heterocycles. The van der Waals surface area contributed by atoms with Crippen LogP contribution in [-0.4, -0.2) is 18.9 Å². The average molecular weight is 191 g/mol. The summed E-state index contributed by atoms with van der Waals surface area (Å²) >= 11 is 0. The normalized spacial score (nSPS) is 9.86. The minimum absolute atomic E-state index is 0.204. The summed E-state index contributed by atoms with van der Waals surface area (Å²) in [7, 11) is 0. The summed E-state index contributed by atoms with van der Waals surface area (Å²) < 4.78 is 0. The van der Waals surface area contributed by atoms with Gasteiger partial charge in [0.25, 0.3) is 0 Å². The number of nitrogens with zero attached hydrogens (tertiary/aromatic N) is 1. The van der Waals surface area contributed by atoms with Crippen molar-refractivity contribution in [1.82, 2.24) is 0 Å². The highest BCUT2D eigenvalue weighted by atomic mass is 15.1. The van der Waals surface area contributed by atoms with Crippen molar-refractivity contribution in [2.45, 2.75) is 13.8 Å². The van der Waals surface area contributed by atoms with Crippen LogP contribution in [0.5, 0.6) is 0 Å². The largest absolute Gasteiger partial charge is 0.386 e. The van der Waals surface area contributed by atoms with Crippen molar-refractivity contribution in [3.05, 3.63) is 29.8 Å². The number of anilines is 1. The molecular formula is C11H17N3. The predicted molar refractivity (Wildman–Crippen MR) is 61.0 cm³/mol. The van der Waals surface area contributed by atoms with Crippen LogP contribution in [0.25, 0.3) is 0 Å². The summed E-state index contributed by atoms with van der Waals surface area (Å²) in [6.45, 7) is 5.50. The lowest BCUT2D eigenvalue weighted by molar-refractivity contribution is 0.910. The van der Waals surface area contributed by atoms with Crippen molar-refractivity contribution in [2.24, 2.45) is 5.73 Å². The number of hydrogen-bond donors (Lipinski definition) is 2. The minimum atomic E-state index is 0.204. The predicted octanol–water partition coefficient (Wildman–Crippen LogP) is 1.76. The fourth-order valence-corrected chi connectivity index (χ4v) is 1.49. The summed E-state index contributed by atoms with van der Waals surface area (Å²) in [5.74, 6) is 0.204. The lowest BCUT2D eigenvalue weighted by Crippen LogP contribution is -2.33. The van der Waals surface area contributed by atoms with Crippen LogP contribution in [0.3, 0.4) is 0 Å². The summed E-state index contributed by atoms with van der Waals surface area (Å²) in [6.07, 6.45) is 0. The molecule has 0 radical (unpaired) electrons. The molecule has 1 aromatic rings. The Hall–Kier alpha value is -1.51. The van der Waals surface area contributed by atoms with Crippen LogP contribution in [0.2, 0.25) is 0 Å². The van der Waals surface area contributed by atoms with Crippen molar-refractivity contribution in [1.29, 1.82) is 5.41 Å². The number of aryl methyl sites for hydroxylation is 1. The van der Waals surface area contributed by atoms with Gasteiger partial charge in [0.05, 0.1) is 6.54 Å². The quantitative estimate of drug-likeness (QED) is 0.563. The zero-order valence-electron chi connectivity index (χ0n) is 8.75. The molecule has 14 heavy (non-hydrogen) atoms. The number of nitrogens with two attached hydrogens (primary N) is 1. The highest BCUT2D eigenvalue weighted by Gasteiger charge is 2.06. The molecule has 3 N–H and O–H groups in total. The molecule has 0 spiro atoms. The molecular weight excluding hydrogens is 174 g/mol. The summed E-state index contributed by atoms with van der Waals surface area (Å²) in [5, 5.41) is 7.28. The molecule has 1 aromatic carbocycles. The second-order valence-electron chi connectivity index (χ2n) is 3.33. The van der Waals surface area contributed by atoms with E-state index in [1.54, 1.807) is 0 Å². The molecule has 0 saturated heterocycles. The Morgan fingerprint density at radius 3 is 2.57 bits per heavy atom. The Kier molecular flexibility index (Phi) is 3.51. The maximum Gasteiger partial charge on any atom is 0.110 e. The monoisotopic (exact) mass is 191 g/mol. The van der Waals surface area contributed by atoms with E-state index < -0.39 is 0 Å². The molecule has 0 unspecified atom stereocenters. The van der Waals surface area contributed by atoms with E-state index in [4.69, 9.17) is 11.1 Å². The topological polar surface area (TPSA) is 53.1 Å². The van der Waals surface area contributed by atoms with Gasteiger partial charge in [0.1, 0.15) is 5.84 Å². The Labute approximate surface area is 85.0 Å². The second-order valence-corrected chi connectivity index (χ2v) is 3.33. The van der Waals surface area contributed by atoms with Gasteiger partial charge in [-0.1, -0.05) is 18.2 Å². The molecule has 0 atom stereocenters. The maximum atomic E-state index is 7.28. The first kappa shape index (κ1) is 10.6. The molecule has 0 aliphatic heterocycles. The van der Waals surface area contributed by atoms with Gasteiger partial charge in [-0.3, -0.25) is 5.41 Å². The zero-order valence-corrected chi connectivity index (χ0v) is 8.75. The maximum absolute atomic E-state index is 7.28. The summed E-state index contributed by atoms with van der Waals surface area (Å²) in [6, 6.07) is 8.14. The minimum Gasteiger partial charge on any atom is -0.386 e. The van der Waals surface area contributed by atoms with Crippen molar-refractivity contribution in [2.75, 3.05) is 18.0 Å². The van der Waals surface area contributed by atoms with Crippen molar-refractivity contribution in [3.8, 4) is 0 Å². The standard InChI is InChI=1S/C11H17N3/c1-3-14(8-11(12)13)10-7-5-4-6-9(10)2/h4-7H,3,8H2,1-2H3,(H3,12,13). The highest BCUT2D eigenvalue weighted by Crippen LogP contribution is 2.18. The lowest BCUT2D eigenvalue weighted by Gasteiger charge is -2.24. The smallest absolute Gasteiger partial charge is 0.110 e. The van der Waals surface area contributed by atoms with Crippen LogP contribution < -0.4 is 10.6 Å². The number of nitrogens with one attached hydrogen (secondary N) is 1. The average Bonchev–Trinajstić information content (AvgIpc) is 2.15. The highest BCUT2D eigenvalue weighted by molar-refractivity contribution is 5.82. The molecule has 1 rings (SSSR count). The second kappa shape index (κ2) is 4.65. The lowest BCUT2D eigenvalue weighted by atomic mass is 10.2. The van der Waals surface area contributed by atoms with Gasteiger partial charge in [-0.15, -0.1) is 0 Å². The van der Waals surface area contributed by atoms with Gasteiger partial charge < -0.3 is 10.6 Å². The van der Waals surface area contributed by atoms with E-state index in [-0.39, 0.29) is 5.84 Å². The van der Waals surface area contributed by atoms with E-state index in [1.807, 2.05) is 12.1 Å². The van der Waals surface area contributed by atoms with E-state index in [1.165, 1.54) is 5.56 Å². The van der Waals surface area contributed by atoms with Crippen LogP contribution >= 0.6 is 0 Å². The third kappa shape index (κ3) is 2.49. The van der Waals surface area contributed by atoms with Gasteiger partial charge in [0.2, 0.25) is 0 Å². The first-order chi connectivity index (χ1) is 6.65. The fourth-order valence-electron chi connectivity index (χ4n) is 1.49. The summed E-state index contributed by atoms with van der Waals surface area (Å²) in [4.78, 5) is 2.09. The van der Waals surface area contributed by atoms with Gasteiger partial charge in [0, 0.05) is 12.2 Å². The molecule has 0 bridgehead atoms. The Morgan fingerprint density at radius 1 is 1.43 bits per heavy atom. The van der Waals surface area contributed by atoms with E-state index in [0.29, 0.717) is 6.54 Å². The van der Waals surface area contributed by atoms with Crippen LogP contribution in [-0.2, 0) is 0 Å². The van der Waals surface area contributed by atoms with E-state index >= 15 is 0 Å². The molecule has 0 amide bonds. The van der Waals surface area contributed by atoms with Crippen molar-refractivity contribution in [3.63, 3.8) is 0 Å². The zero-order chi connectivity index (χ0) is 10.6. The van der Waals surface area contributed by atoms with Crippen LogP contribution in [0.1, 0.15) is 12.5 Å². The van der Waals surface area contributed by atoms with E-state index in [9.17, 15) is 0 Å². The van der Waals surface area contributed by atoms with Gasteiger partial charge in [0.15, 0.2) is 0 Å². The van der Waals surface area contributed by atoms with Crippen LogP contribution in [0.15, 0.2) is 24.3 Å². The van der Waals surface area contributed by atoms with E-state index in [2.05, 4.69) is 30.9 Å². The first-order valence-electron chi connectivity index (χ1n) is 4.78. The van der Waals surface area contributed by atoms with Gasteiger partial charge in [-0.05, 0) is 25.5 Å². The van der Waals surface area contributed by atoms with Gasteiger partial charge in [-0.2, -0.15) is 0 Å². The Morgan fingerprint density at radius 2 is 2.07 bits per heavy atom. The van der Waals surface area contributed by atoms with Crippen LogP contribution in [0, 0.1) is 12.3 Å². The Bertz CT molecular complexity index is 320. The molecule has 0 fully saturated rings. The Balaban J connectivity index is 2.89. The van der Waals surface area contributed by atoms with Crippen LogP contribution in [0.4, 0.5) is 5.69 Å². The summed E-state index contributed by atoms with van der Waals surface area (Å²) in [5.41, 5.74) is 7.77. The van der Waals surface area contributed by atoms with Crippen molar-refractivity contribution < 1.29 is 0 Å². The molecule has 0 aliphatic rings.